The highest BCUT2D eigenvalue weighted by molar-refractivity contribution is 5.72. The zero-order valence-corrected chi connectivity index (χ0v) is 46.3. The van der Waals surface area contributed by atoms with Crippen molar-refractivity contribution in [3.63, 3.8) is 0 Å². The van der Waals surface area contributed by atoms with Crippen LogP contribution in [0.1, 0.15) is 213 Å². The summed E-state index contributed by atoms with van der Waals surface area (Å²) >= 11 is 0. The first-order valence-corrected chi connectivity index (χ1v) is 28.6. The molecule has 0 fully saturated rings. The highest BCUT2D eigenvalue weighted by atomic mass is 16.6. The Balaban J connectivity index is 4.57. The molecule has 0 N–H and O–H groups in total. The predicted octanol–water partition coefficient (Wildman–Crippen LogP) is 19.5. The number of esters is 3. The fourth-order valence-corrected chi connectivity index (χ4v) is 7.06. The van der Waals surface area contributed by atoms with Crippen molar-refractivity contribution in [2.24, 2.45) is 0 Å². The summed E-state index contributed by atoms with van der Waals surface area (Å²) in [4.78, 5) is 38.1. The molecule has 0 amide bonds. The van der Waals surface area contributed by atoms with Crippen LogP contribution in [0.2, 0.25) is 0 Å². The quantitative estimate of drug-likeness (QED) is 0.0261. The van der Waals surface area contributed by atoms with Gasteiger partial charge in [0.1, 0.15) is 13.2 Å². The number of carbonyl (C=O) groups excluding carboxylic acids is 3. The Bertz CT molecular complexity index is 1720. The van der Waals surface area contributed by atoms with Gasteiger partial charge in [-0.25, -0.2) is 0 Å². The van der Waals surface area contributed by atoms with E-state index in [1.165, 1.54) is 19.3 Å². The van der Waals surface area contributed by atoms with Gasteiger partial charge in [0.15, 0.2) is 6.10 Å². The van der Waals surface area contributed by atoms with Crippen molar-refractivity contribution in [1.82, 2.24) is 0 Å². The molecule has 1 unspecified atom stereocenters. The smallest absolute Gasteiger partial charge is 0.309 e. The van der Waals surface area contributed by atoms with E-state index in [2.05, 4.69) is 179 Å². The Hall–Kier alpha value is -5.23. The van der Waals surface area contributed by atoms with Gasteiger partial charge in [-0.1, -0.05) is 236 Å². The molecule has 0 aliphatic carbocycles. The van der Waals surface area contributed by atoms with Crippen LogP contribution in [0.3, 0.4) is 0 Å². The topological polar surface area (TPSA) is 78.9 Å². The van der Waals surface area contributed by atoms with Gasteiger partial charge in [0.25, 0.3) is 0 Å². The van der Waals surface area contributed by atoms with Crippen molar-refractivity contribution in [3.05, 3.63) is 170 Å². The number of ether oxygens (including phenoxy) is 3. The highest BCUT2D eigenvalue weighted by Gasteiger charge is 2.19. The van der Waals surface area contributed by atoms with Gasteiger partial charge >= 0.3 is 17.9 Å². The summed E-state index contributed by atoms with van der Waals surface area (Å²) in [5.74, 6) is -1.11. The number of unbranched alkanes of at least 4 members (excludes halogenated alkanes) is 11. The zero-order chi connectivity index (χ0) is 52.9. The van der Waals surface area contributed by atoms with Gasteiger partial charge in [0.2, 0.25) is 0 Å². The van der Waals surface area contributed by atoms with Crippen LogP contribution < -0.4 is 0 Å². The third-order valence-electron chi connectivity index (χ3n) is 11.2. The predicted molar refractivity (Wildman–Crippen MR) is 315 cm³/mol. The van der Waals surface area contributed by atoms with Gasteiger partial charge in [0.05, 0.1) is 6.42 Å². The monoisotopic (exact) mass is 1000 g/mol. The van der Waals surface area contributed by atoms with Gasteiger partial charge in [0, 0.05) is 12.8 Å². The van der Waals surface area contributed by atoms with Crippen LogP contribution in [-0.4, -0.2) is 37.2 Å². The first-order chi connectivity index (χ1) is 36.0. The fraction of sp³-hybridized carbons (Fsp3) is 0.537. The first-order valence-electron chi connectivity index (χ1n) is 28.6. The van der Waals surface area contributed by atoms with E-state index < -0.39 is 12.1 Å². The van der Waals surface area contributed by atoms with Crippen molar-refractivity contribution in [2.45, 2.75) is 219 Å². The summed E-state index contributed by atoms with van der Waals surface area (Å²) < 4.78 is 16.7. The summed E-state index contributed by atoms with van der Waals surface area (Å²) in [5.41, 5.74) is 0. The first kappa shape index (κ1) is 67.8. The van der Waals surface area contributed by atoms with Crippen LogP contribution in [0.4, 0.5) is 0 Å². The van der Waals surface area contributed by atoms with E-state index in [1.54, 1.807) is 6.08 Å². The number of hydrogen-bond donors (Lipinski definition) is 0. The van der Waals surface area contributed by atoms with Gasteiger partial charge in [-0.2, -0.15) is 0 Å². The van der Waals surface area contributed by atoms with Crippen LogP contribution in [0.15, 0.2) is 170 Å². The molecule has 1 atom stereocenters. The number of carbonyl (C=O) groups is 3. The lowest BCUT2D eigenvalue weighted by molar-refractivity contribution is -0.166. The molecular weight excluding hydrogens is 901 g/mol. The van der Waals surface area contributed by atoms with E-state index in [1.807, 2.05) is 6.08 Å². The van der Waals surface area contributed by atoms with E-state index >= 15 is 0 Å². The lowest BCUT2D eigenvalue weighted by atomic mass is 10.1. The molecule has 0 aromatic carbocycles. The van der Waals surface area contributed by atoms with Crippen LogP contribution in [0, 0.1) is 0 Å². The second kappa shape index (κ2) is 59.3. The summed E-state index contributed by atoms with van der Waals surface area (Å²) in [6.07, 6.45) is 87.9. The van der Waals surface area contributed by atoms with Crippen molar-refractivity contribution in [3.8, 4) is 0 Å². The maximum absolute atomic E-state index is 12.9. The van der Waals surface area contributed by atoms with E-state index in [9.17, 15) is 14.4 Å². The van der Waals surface area contributed by atoms with Gasteiger partial charge in [-0.05, 0) is 128 Å². The molecule has 0 radical (unpaired) electrons. The van der Waals surface area contributed by atoms with E-state index in [4.69, 9.17) is 14.2 Å². The van der Waals surface area contributed by atoms with E-state index in [0.717, 1.165) is 154 Å². The average molecular weight is 1000 g/mol. The summed E-state index contributed by atoms with van der Waals surface area (Å²) in [6, 6.07) is 0. The normalized spacial score (nSPS) is 13.4. The molecule has 73 heavy (non-hydrogen) atoms. The number of rotatable bonds is 49. The maximum atomic E-state index is 12.9. The molecule has 0 spiro atoms. The Morgan fingerprint density at radius 1 is 0.288 bits per heavy atom. The van der Waals surface area contributed by atoms with Crippen molar-refractivity contribution in [2.75, 3.05) is 13.2 Å². The molecule has 406 valence electrons. The summed E-state index contributed by atoms with van der Waals surface area (Å²) in [5, 5.41) is 0. The zero-order valence-electron chi connectivity index (χ0n) is 46.3. The van der Waals surface area contributed by atoms with Gasteiger partial charge in [-0.3, -0.25) is 14.4 Å². The molecule has 0 rings (SSSR count). The van der Waals surface area contributed by atoms with Crippen LogP contribution in [0.25, 0.3) is 0 Å². The number of hydrogen-bond acceptors (Lipinski definition) is 6. The molecule has 0 saturated carbocycles. The van der Waals surface area contributed by atoms with E-state index in [0.29, 0.717) is 6.42 Å². The summed E-state index contributed by atoms with van der Waals surface area (Å²) in [7, 11) is 0. The van der Waals surface area contributed by atoms with Crippen LogP contribution in [-0.2, 0) is 28.6 Å². The fourth-order valence-electron chi connectivity index (χ4n) is 7.06. The molecule has 0 aliphatic rings. The molecule has 0 saturated heterocycles. The minimum atomic E-state index is -0.844. The third-order valence-corrected chi connectivity index (χ3v) is 11.2. The standard InChI is InChI=1S/C67H102O6/c1-4-7-10-13-16-19-22-25-28-30-31-32-33-34-35-37-39-42-45-48-51-54-57-60-66(69)72-63-64(62-71-65(68)59-56-53-50-47-44-41-38-27-24-21-18-15-12-9-6-3)73-67(70)61-58-55-52-49-46-43-40-36-29-26-23-20-17-14-11-8-5-2/h7-12,16-21,25-29,31-32,34-35,38-39,42,44,47,53,56,64H,4-6,13-15,22-24,30,33,36-37,40-41,43,45-46,48-52,54-55,57-63H2,1-3H3/b10-7-,11-8-,12-9-,19-16-,20-17-,21-18-,28-25-,29-26-,32-31-,35-34-,38-27-,42-39-,47-44-,56-53-. The van der Waals surface area contributed by atoms with Crippen LogP contribution >= 0.6 is 0 Å². The summed E-state index contributed by atoms with van der Waals surface area (Å²) in [6.45, 7) is 6.16. The second-order valence-corrected chi connectivity index (χ2v) is 18.1. The minimum Gasteiger partial charge on any atom is -0.462 e. The second-order valence-electron chi connectivity index (χ2n) is 18.1. The van der Waals surface area contributed by atoms with Crippen LogP contribution in [0.5, 0.6) is 0 Å². The molecule has 0 heterocycles. The molecule has 0 aromatic rings. The molecule has 6 nitrogen and oxygen atoms in total. The highest BCUT2D eigenvalue weighted by Crippen LogP contribution is 2.13. The van der Waals surface area contributed by atoms with Gasteiger partial charge < -0.3 is 14.2 Å². The Morgan fingerprint density at radius 3 is 0.890 bits per heavy atom. The SMILES string of the molecule is CC/C=C\C/C=C\C/C=C\C/C=C\C/C=C\C/C=C\CCCCCCC(=O)OCC(COC(=O)C/C=C\C/C=C\C/C=C\C/C=C\C/C=C\CC)OC(=O)CCCCCCCCC/C=C\C/C=C\C/C=C\CC. The molecule has 0 aromatic heterocycles. The molecule has 6 heteroatoms. The largest absolute Gasteiger partial charge is 0.462 e. The van der Waals surface area contributed by atoms with Gasteiger partial charge in [-0.15, -0.1) is 0 Å². The maximum Gasteiger partial charge on any atom is 0.309 e. The Labute approximate surface area is 447 Å². The van der Waals surface area contributed by atoms with Crippen molar-refractivity contribution >= 4 is 17.9 Å². The minimum absolute atomic E-state index is 0.111. The third kappa shape index (κ3) is 57.5. The van der Waals surface area contributed by atoms with Crippen molar-refractivity contribution in [1.29, 1.82) is 0 Å². The average Bonchev–Trinajstić information content (AvgIpc) is 3.39. The number of allylic oxidation sites excluding steroid dienone is 27. The molecule has 0 aliphatic heterocycles. The Kier molecular flexibility index (Phi) is 55.1. The Morgan fingerprint density at radius 2 is 0.548 bits per heavy atom. The molecule has 0 bridgehead atoms. The molecular formula is C67H102O6. The lowest BCUT2D eigenvalue weighted by Gasteiger charge is -2.18. The lowest BCUT2D eigenvalue weighted by Crippen LogP contribution is -2.30. The van der Waals surface area contributed by atoms with Crippen molar-refractivity contribution < 1.29 is 28.6 Å². The van der Waals surface area contributed by atoms with E-state index in [-0.39, 0.29) is 38.0 Å².